The zero-order valence-corrected chi connectivity index (χ0v) is 15.1. The molecular weight excluding hydrogens is 352 g/mol. The van der Waals surface area contributed by atoms with Gasteiger partial charge in [-0.15, -0.1) is 0 Å². The van der Waals surface area contributed by atoms with Crippen LogP contribution in [0.1, 0.15) is 31.7 Å². The molecule has 0 amide bonds. The highest BCUT2D eigenvalue weighted by molar-refractivity contribution is 9.09. The van der Waals surface area contributed by atoms with Crippen molar-refractivity contribution in [3.63, 3.8) is 0 Å². The molecule has 0 radical (unpaired) electrons. The van der Waals surface area contributed by atoms with E-state index in [2.05, 4.69) is 45.2 Å². The van der Waals surface area contributed by atoms with E-state index < -0.39 is 0 Å². The number of halogens is 1. The third-order valence-electron chi connectivity index (χ3n) is 3.42. The summed E-state index contributed by atoms with van der Waals surface area (Å²) in [5.41, 5.74) is 3.06. The van der Waals surface area contributed by atoms with E-state index in [1.807, 2.05) is 36.4 Å². The lowest BCUT2D eigenvalue weighted by atomic mass is 10.1. The van der Waals surface area contributed by atoms with Gasteiger partial charge >= 0.3 is 0 Å². The number of hydrogen-bond acceptors (Lipinski definition) is 3. The Labute approximate surface area is 146 Å². The van der Waals surface area contributed by atoms with Crippen molar-refractivity contribution >= 4 is 27.3 Å². The molecule has 122 valence electrons. The molecule has 3 nitrogen and oxygen atoms in total. The molecule has 0 N–H and O–H groups in total. The fourth-order valence-electron chi connectivity index (χ4n) is 2.08. The molecule has 0 aromatic heterocycles. The Morgan fingerprint density at radius 1 is 0.870 bits per heavy atom. The third kappa shape index (κ3) is 6.53. The minimum Gasteiger partial charge on any atom is -0.494 e. The van der Waals surface area contributed by atoms with Crippen LogP contribution in [0.3, 0.4) is 0 Å². The first kappa shape index (κ1) is 17.7. The molecule has 4 heteroatoms. The van der Waals surface area contributed by atoms with E-state index in [1.165, 1.54) is 18.4 Å². The third-order valence-corrected chi connectivity index (χ3v) is 3.98. The van der Waals surface area contributed by atoms with Gasteiger partial charge in [0.05, 0.1) is 18.0 Å². The summed E-state index contributed by atoms with van der Waals surface area (Å²) < 4.78 is 5.61. The van der Waals surface area contributed by atoms with Crippen molar-refractivity contribution in [1.82, 2.24) is 0 Å². The number of ether oxygens (including phenoxy) is 1. The molecule has 0 aliphatic rings. The van der Waals surface area contributed by atoms with Gasteiger partial charge < -0.3 is 4.74 Å². The van der Waals surface area contributed by atoms with E-state index in [-0.39, 0.29) is 0 Å². The van der Waals surface area contributed by atoms with Crippen molar-refractivity contribution in [3.8, 4) is 5.75 Å². The van der Waals surface area contributed by atoms with Gasteiger partial charge in [0.15, 0.2) is 0 Å². The minimum atomic E-state index is 0.719. The van der Waals surface area contributed by atoms with Crippen LogP contribution in [0.25, 0.3) is 0 Å². The molecule has 0 fully saturated rings. The van der Waals surface area contributed by atoms with Crippen molar-refractivity contribution in [2.75, 3.05) is 11.9 Å². The van der Waals surface area contributed by atoms with Gasteiger partial charge in [-0.1, -0.05) is 41.4 Å². The van der Waals surface area contributed by atoms with Crippen LogP contribution in [-0.2, 0) is 6.42 Å². The monoisotopic (exact) mass is 374 g/mol. The number of nitrogens with zero attached hydrogens (tertiary/aromatic N) is 2. The minimum absolute atomic E-state index is 0.719. The van der Waals surface area contributed by atoms with E-state index in [0.29, 0.717) is 0 Å². The molecule has 0 aliphatic carbocycles. The van der Waals surface area contributed by atoms with Crippen molar-refractivity contribution in [1.29, 1.82) is 0 Å². The van der Waals surface area contributed by atoms with E-state index in [9.17, 15) is 0 Å². The standard InChI is InChI=1S/C19H23BrN2O/c1-2-3-5-16-6-8-17(9-7-16)21-22-18-10-12-19(13-11-18)23-15-4-14-20/h6-13H,2-5,14-15H2,1H3. The quantitative estimate of drug-likeness (QED) is 0.276. The number of unbranched alkanes of at least 4 members (excludes halogenated alkanes) is 1. The van der Waals surface area contributed by atoms with E-state index in [0.717, 1.165) is 41.9 Å². The van der Waals surface area contributed by atoms with E-state index in [4.69, 9.17) is 4.74 Å². The highest BCUT2D eigenvalue weighted by Gasteiger charge is 1.96. The Kier molecular flexibility index (Phi) is 7.81. The molecule has 0 bridgehead atoms. The topological polar surface area (TPSA) is 34.0 Å². The molecule has 0 aliphatic heterocycles. The Balaban J connectivity index is 1.89. The first-order valence-corrected chi connectivity index (χ1v) is 9.23. The molecule has 0 spiro atoms. The molecule has 0 heterocycles. The first-order chi connectivity index (χ1) is 11.3. The largest absolute Gasteiger partial charge is 0.494 e. The Morgan fingerprint density at radius 2 is 1.48 bits per heavy atom. The molecular formula is C19H23BrN2O. The molecule has 23 heavy (non-hydrogen) atoms. The van der Waals surface area contributed by atoms with Gasteiger partial charge in [0.1, 0.15) is 5.75 Å². The zero-order valence-electron chi connectivity index (χ0n) is 13.5. The fraction of sp³-hybridized carbons (Fsp3) is 0.368. The summed E-state index contributed by atoms with van der Waals surface area (Å²) in [4.78, 5) is 0. The molecule has 0 atom stereocenters. The zero-order chi connectivity index (χ0) is 16.3. The number of alkyl halides is 1. The average Bonchev–Trinajstić information content (AvgIpc) is 2.60. The van der Waals surface area contributed by atoms with Gasteiger partial charge in [0, 0.05) is 5.33 Å². The Morgan fingerprint density at radius 3 is 2.04 bits per heavy atom. The highest BCUT2D eigenvalue weighted by Crippen LogP contribution is 2.22. The van der Waals surface area contributed by atoms with Crippen LogP contribution in [0.15, 0.2) is 58.8 Å². The van der Waals surface area contributed by atoms with Gasteiger partial charge in [-0.05, 0) is 61.2 Å². The summed E-state index contributed by atoms with van der Waals surface area (Å²) >= 11 is 3.39. The van der Waals surface area contributed by atoms with Crippen LogP contribution in [0.2, 0.25) is 0 Å². The van der Waals surface area contributed by atoms with Crippen LogP contribution in [0.4, 0.5) is 11.4 Å². The van der Waals surface area contributed by atoms with Crippen molar-refractivity contribution in [3.05, 3.63) is 54.1 Å². The lowest BCUT2D eigenvalue weighted by Crippen LogP contribution is -1.96. The maximum Gasteiger partial charge on any atom is 0.119 e. The maximum absolute atomic E-state index is 5.61. The van der Waals surface area contributed by atoms with Crippen LogP contribution < -0.4 is 4.74 Å². The smallest absolute Gasteiger partial charge is 0.119 e. The number of aryl methyl sites for hydroxylation is 1. The second-order valence-electron chi connectivity index (χ2n) is 5.35. The summed E-state index contributed by atoms with van der Waals surface area (Å²) in [5, 5.41) is 9.50. The van der Waals surface area contributed by atoms with Crippen LogP contribution in [-0.4, -0.2) is 11.9 Å². The maximum atomic E-state index is 5.61. The predicted octanol–water partition coefficient (Wildman–Crippen LogP) is 6.61. The lowest BCUT2D eigenvalue weighted by molar-refractivity contribution is 0.319. The van der Waals surface area contributed by atoms with Crippen LogP contribution in [0.5, 0.6) is 5.75 Å². The SMILES string of the molecule is CCCCc1ccc(N=Nc2ccc(OCCCBr)cc2)cc1. The predicted molar refractivity (Wildman–Crippen MR) is 99.6 cm³/mol. The second-order valence-corrected chi connectivity index (χ2v) is 6.15. The molecule has 0 unspecified atom stereocenters. The summed E-state index contributed by atoms with van der Waals surface area (Å²) in [7, 11) is 0. The number of azo groups is 1. The van der Waals surface area contributed by atoms with Crippen LogP contribution in [0, 0.1) is 0 Å². The second kappa shape index (κ2) is 10.2. The summed E-state index contributed by atoms with van der Waals surface area (Å²) in [6.45, 7) is 2.93. The van der Waals surface area contributed by atoms with Crippen molar-refractivity contribution < 1.29 is 4.74 Å². The normalized spacial score (nSPS) is 11.0. The Bertz CT molecular complexity index is 594. The van der Waals surface area contributed by atoms with E-state index in [1.54, 1.807) is 0 Å². The molecule has 2 aromatic carbocycles. The summed E-state index contributed by atoms with van der Waals surface area (Å²) in [6.07, 6.45) is 4.57. The van der Waals surface area contributed by atoms with Gasteiger partial charge in [0.25, 0.3) is 0 Å². The van der Waals surface area contributed by atoms with Gasteiger partial charge in [0.2, 0.25) is 0 Å². The molecule has 2 aromatic rings. The fourth-order valence-corrected chi connectivity index (χ4v) is 2.31. The molecule has 0 saturated heterocycles. The van der Waals surface area contributed by atoms with Crippen molar-refractivity contribution in [2.45, 2.75) is 32.6 Å². The van der Waals surface area contributed by atoms with Crippen molar-refractivity contribution in [2.24, 2.45) is 10.2 Å². The first-order valence-electron chi connectivity index (χ1n) is 8.11. The summed E-state index contributed by atoms with van der Waals surface area (Å²) in [6, 6.07) is 16.0. The summed E-state index contributed by atoms with van der Waals surface area (Å²) in [5.74, 6) is 0.866. The van der Waals surface area contributed by atoms with Gasteiger partial charge in [-0.25, -0.2) is 0 Å². The molecule has 2 rings (SSSR count). The van der Waals surface area contributed by atoms with Crippen LogP contribution >= 0.6 is 15.9 Å². The lowest BCUT2D eigenvalue weighted by Gasteiger charge is -2.04. The average molecular weight is 375 g/mol. The number of benzene rings is 2. The number of hydrogen-bond donors (Lipinski definition) is 0. The number of rotatable bonds is 9. The molecule has 0 saturated carbocycles. The van der Waals surface area contributed by atoms with E-state index >= 15 is 0 Å². The Hall–Kier alpha value is -1.68. The van der Waals surface area contributed by atoms with Gasteiger partial charge in [-0.2, -0.15) is 10.2 Å². The van der Waals surface area contributed by atoms with Gasteiger partial charge in [-0.3, -0.25) is 0 Å². The highest BCUT2D eigenvalue weighted by atomic mass is 79.9.